The molecule has 1 aliphatic heterocycles. The van der Waals surface area contributed by atoms with Gasteiger partial charge in [0.25, 0.3) is 0 Å². The first-order valence-electron chi connectivity index (χ1n) is 7.42. The standard InChI is InChI=1S/C13H25N3O3S/c1-2-14-13(15-6-7-19-9-11-3-4-11)16-12-5-8-20(17,18)10-12/h11-12H,2-10H2,1H3,(H2,14,15,16). The van der Waals surface area contributed by atoms with Crippen molar-refractivity contribution in [1.29, 1.82) is 0 Å². The maximum absolute atomic E-state index is 11.4. The van der Waals surface area contributed by atoms with Crippen LogP contribution in [0.15, 0.2) is 4.99 Å². The van der Waals surface area contributed by atoms with Gasteiger partial charge in [0.2, 0.25) is 0 Å². The second kappa shape index (κ2) is 7.26. The highest BCUT2D eigenvalue weighted by Crippen LogP contribution is 2.28. The van der Waals surface area contributed by atoms with E-state index in [9.17, 15) is 8.42 Å². The van der Waals surface area contributed by atoms with E-state index in [4.69, 9.17) is 4.74 Å². The summed E-state index contributed by atoms with van der Waals surface area (Å²) in [5.74, 6) is 1.93. The zero-order valence-corrected chi connectivity index (χ0v) is 12.9. The number of hydrogen-bond donors (Lipinski definition) is 2. The van der Waals surface area contributed by atoms with Crippen LogP contribution in [0, 0.1) is 5.92 Å². The van der Waals surface area contributed by atoms with Crippen molar-refractivity contribution < 1.29 is 13.2 Å². The first kappa shape index (κ1) is 15.6. The fraction of sp³-hybridized carbons (Fsp3) is 0.923. The Labute approximate surface area is 121 Å². The third-order valence-electron chi connectivity index (χ3n) is 3.47. The number of sulfone groups is 1. The highest BCUT2D eigenvalue weighted by atomic mass is 32.2. The topological polar surface area (TPSA) is 79.8 Å². The molecule has 0 spiro atoms. The predicted molar refractivity (Wildman–Crippen MR) is 79.7 cm³/mol. The predicted octanol–water partition coefficient (Wildman–Crippen LogP) is 0.155. The molecule has 1 aliphatic carbocycles. The van der Waals surface area contributed by atoms with Crippen molar-refractivity contribution in [1.82, 2.24) is 10.6 Å². The van der Waals surface area contributed by atoms with E-state index in [0.717, 1.165) is 19.1 Å². The normalized spacial score (nSPS) is 25.6. The molecule has 1 saturated heterocycles. The van der Waals surface area contributed by atoms with Crippen molar-refractivity contribution in [2.75, 3.05) is 37.8 Å². The molecule has 116 valence electrons. The molecule has 0 amide bonds. The number of rotatable bonds is 7. The lowest BCUT2D eigenvalue weighted by Gasteiger charge is -2.15. The van der Waals surface area contributed by atoms with Crippen molar-refractivity contribution in [3.63, 3.8) is 0 Å². The number of nitrogens with one attached hydrogen (secondary N) is 2. The number of hydrogen-bond acceptors (Lipinski definition) is 4. The van der Waals surface area contributed by atoms with E-state index in [0.29, 0.717) is 25.5 Å². The van der Waals surface area contributed by atoms with Crippen molar-refractivity contribution in [2.24, 2.45) is 10.9 Å². The molecular formula is C13H25N3O3S. The van der Waals surface area contributed by atoms with E-state index in [-0.39, 0.29) is 17.5 Å². The Kier molecular flexibility index (Phi) is 5.65. The molecule has 7 heteroatoms. The largest absolute Gasteiger partial charge is 0.379 e. The lowest BCUT2D eigenvalue weighted by Crippen LogP contribution is -2.44. The quantitative estimate of drug-likeness (QED) is 0.398. The van der Waals surface area contributed by atoms with Crippen LogP contribution in [0.1, 0.15) is 26.2 Å². The van der Waals surface area contributed by atoms with Crippen molar-refractivity contribution in [3.8, 4) is 0 Å². The summed E-state index contributed by atoms with van der Waals surface area (Å²) in [5, 5.41) is 6.33. The molecule has 0 aromatic rings. The summed E-state index contributed by atoms with van der Waals surface area (Å²) in [4.78, 5) is 4.42. The molecule has 0 aromatic carbocycles. The maximum atomic E-state index is 11.4. The lowest BCUT2D eigenvalue weighted by atomic mass is 10.3. The van der Waals surface area contributed by atoms with Gasteiger partial charge in [-0.15, -0.1) is 0 Å². The van der Waals surface area contributed by atoms with E-state index in [1.807, 2.05) is 6.92 Å². The van der Waals surface area contributed by atoms with Crippen LogP contribution in [0.2, 0.25) is 0 Å². The summed E-state index contributed by atoms with van der Waals surface area (Å²) in [6.45, 7) is 4.82. The third-order valence-corrected chi connectivity index (χ3v) is 5.24. The van der Waals surface area contributed by atoms with Gasteiger partial charge < -0.3 is 15.4 Å². The zero-order valence-electron chi connectivity index (χ0n) is 12.1. The molecule has 0 bridgehead atoms. The molecule has 1 unspecified atom stereocenters. The van der Waals surface area contributed by atoms with E-state index >= 15 is 0 Å². The molecular weight excluding hydrogens is 278 g/mol. The molecule has 1 heterocycles. The van der Waals surface area contributed by atoms with E-state index < -0.39 is 9.84 Å². The van der Waals surface area contributed by atoms with Gasteiger partial charge in [0.05, 0.1) is 24.7 Å². The Morgan fingerprint density at radius 2 is 2.15 bits per heavy atom. The third kappa shape index (κ3) is 5.66. The molecule has 1 saturated carbocycles. The van der Waals surface area contributed by atoms with Crippen LogP contribution in [0.25, 0.3) is 0 Å². The fourth-order valence-electron chi connectivity index (χ4n) is 2.18. The highest BCUT2D eigenvalue weighted by molar-refractivity contribution is 7.91. The summed E-state index contributed by atoms with van der Waals surface area (Å²) in [7, 11) is -2.86. The Bertz CT molecular complexity index is 432. The van der Waals surface area contributed by atoms with Gasteiger partial charge in [-0.2, -0.15) is 0 Å². The summed E-state index contributed by atoms with van der Waals surface area (Å²) in [5.41, 5.74) is 0. The molecule has 2 N–H and O–H groups in total. The van der Waals surface area contributed by atoms with Crippen LogP contribution < -0.4 is 10.6 Å². The van der Waals surface area contributed by atoms with Crippen LogP contribution in [0.4, 0.5) is 0 Å². The highest BCUT2D eigenvalue weighted by Gasteiger charge is 2.28. The summed E-state index contributed by atoms with van der Waals surface area (Å²) in [6, 6.07) is -0.0230. The van der Waals surface area contributed by atoms with E-state index in [2.05, 4.69) is 15.6 Å². The lowest BCUT2D eigenvalue weighted by molar-refractivity contribution is 0.131. The number of ether oxygens (including phenoxy) is 1. The minimum Gasteiger partial charge on any atom is -0.379 e. The van der Waals surface area contributed by atoms with E-state index in [1.54, 1.807) is 0 Å². The average molecular weight is 303 g/mol. The average Bonchev–Trinajstić information content (AvgIpc) is 3.14. The molecule has 2 fully saturated rings. The van der Waals surface area contributed by atoms with Gasteiger partial charge in [-0.05, 0) is 32.1 Å². The Hall–Kier alpha value is -0.820. The van der Waals surface area contributed by atoms with Crippen LogP contribution >= 0.6 is 0 Å². The van der Waals surface area contributed by atoms with Gasteiger partial charge in [-0.3, -0.25) is 4.99 Å². The molecule has 2 rings (SSSR count). The van der Waals surface area contributed by atoms with Crippen LogP contribution in [-0.4, -0.2) is 58.2 Å². The zero-order chi connectivity index (χ0) is 14.4. The monoisotopic (exact) mass is 303 g/mol. The maximum Gasteiger partial charge on any atom is 0.191 e. The van der Waals surface area contributed by atoms with Gasteiger partial charge in [0.15, 0.2) is 15.8 Å². The fourth-order valence-corrected chi connectivity index (χ4v) is 3.85. The Morgan fingerprint density at radius 3 is 2.75 bits per heavy atom. The van der Waals surface area contributed by atoms with Gasteiger partial charge in [-0.25, -0.2) is 8.42 Å². The number of nitrogens with zero attached hydrogens (tertiary/aromatic N) is 1. The SMILES string of the molecule is CCNC(=NCCOCC1CC1)NC1CCS(=O)(=O)C1. The van der Waals surface area contributed by atoms with E-state index in [1.165, 1.54) is 12.8 Å². The van der Waals surface area contributed by atoms with Crippen molar-refractivity contribution in [3.05, 3.63) is 0 Å². The number of aliphatic imine (C=N–C) groups is 1. The molecule has 0 radical (unpaired) electrons. The smallest absolute Gasteiger partial charge is 0.191 e. The molecule has 1 atom stereocenters. The van der Waals surface area contributed by atoms with Gasteiger partial charge in [0, 0.05) is 19.2 Å². The van der Waals surface area contributed by atoms with Crippen molar-refractivity contribution in [2.45, 2.75) is 32.2 Å². The Balaban J connectivity index is 1.70. The van der Waals surface area contributed by atoms with Crippen molar-refractivity contribution >= 4 is 15.8 Å². The van der Waals surface area contributed by atoms with Crippen LogP contribution in [-0.2, 0) is 14.6 Å². The van der Waals surface area contributed by atoms with Gasteiger partial charge in [-0.1, -0.05) is 0 Å². The minimum atomic E-state index is -2.86. The summed E-state index contributed by atoms with van der Waals surface area (Å²) < 4.78 is 28.4. The van der Waals surface area contributed by atoms with Gasteiger partial charge >= 0.3 is 0 Å². The molecule has 20 heavy (non-hydrogen) atoms. The molecule has 6 nitrogen and oxygen atoms in total. The van der Waals surface area contributed by atoms with Gasteiger partial charge in [0.1, 0.15) is 0 Å². The number of guanidine groups is 1. The second-order valence-electron chi connectivity index (χ2n) is 5.52. The minimum absolute atomic E-state index is 0.0230. The van der Waals surface area contributed by atoms with Crippen LogP contribution in [0.3, 0.4) is 0 Å². The first-order chi connectivity index (χ1) is 9.59. The summed E-state index contributed by atoms with van der Waals surface area (Å²) in [6.07, 6.45) is 3.25. The summed E-state index contributed by atoms with van der Waals surface area (Å²) >= 11 is 0. The second-order valence-corrected chi connectivity index (χ2v) is 7.75. The molecule has 2 aliphatic rings. The first-order valence-corrected chi connectivity index (χ1v) is 9.24. The van der Waals surface area contributed by atoms with Crippen LogP contribution in [0.5, 0.6) is 0 Å². The molecule has 0 aromatic heterocycles. The Morgan fingerprint density at radius 1 is 1.35 bits per heavy atom.